The van der Waals surface area contributed by atoms with Gasteiger partial charge in [0.15, 0.2) is 10.4 Å². The van der Waals surface area contributed by atoms with Crippen molar-refractivity contribution < 1.29 is 19.4 Å². The largest absolute Gasteiger partial charge is 0.476 e. The number of aliphatic hydroxyl groups excluding tert-OH is 1. The average Bonchev–Trinajstić information content (AvgIpc) is 2.84. The lowest BCUT2D eigenvalue weighted by atomic mass is 10.2. The lowest BCUT2D eigenvalue weighted by Crippen LogP contribution is -2.07. The fourth-order valence-electron chi connectivity index (χ4n) is 1.39. The summed E-state index contributed by atoms with van der Waals surface area (Å²) < 4.78 is 7.04. The first-order valence-electron chi connectivity index (χ1n) is 4.67. The number of carboxylic acid groups (broad SMARTS) is 1. The second-order valence-corrected chi connectivity index (χ2v) is 3.92. The summed E-state index contributed by atoms with van der Waals surface area (Å²) in [7, 11) is 0. The Labute approximate surface area is 104 Å². The van der Waals surface area contributed by atoms with Crippen molar-refractivity contribution in [2.75, 3.05) is 6.61 Å². The van der Waals surface area contributed by atoms with Gasteiger partial charge in [0.1, 0.15) is 5.69 Å². The van der Waals surface area contributed by atoms with E-state index in [9.17, 15) is 4.79 Å². The molecule has 0 unspecified atom stereocenters. The number of rotatable bonds is 4. The second kappa shape index (κ2) is 4.68. The van der Waals surface area contributed by atoms with Crippen LogP contribution in [-0.4, -0.2) is 37.8 Å². The maximum atomic E-state index is 11.0. The molecule has 0 aliphatic heterocycles. The maximum absolute atomic E-state index is 11.0. The van der Waals surface area contributed by atoms with Crippen molar-refractivity contribution >= 4 is 21.9 Å². The summed E-state index contributed by atoms with van der Waals surface area (Å²) in [5.41, 5.74) is 0.0255. The SMILES string of the molecule is O=C(O)c1nnn(CCO)c1-c1ccc(Br)o1. The fourth-order valence-corrected chi connectivity index (χ4v) is 1.70. The predicted octanol–water partition coefficient (Wildman–Crippen LogP) is 0.991. The van der Waals surface area contributed by atoms with Gasteiger partial charge in [0.25, 0.3) is 0 Å². The van der Waals surface area contributed by atoms with Gasteiger partial charge in [-0.3, -0.25) is 0 Å². The van der Waals surface area contributed by atoms with Crippen LogP contribution in [0.5, 0.6) is 0 Å². The third-order valence-corrected chi connectivity index (χ3v) is 2.48. The van der Waals surface area contributed by atoms with Crippen molar-refractivity contribution in [3.63, 3.8) is 0 Å². The van der Waals surface area contributed by atoms with Crippen LogP contribution in [-0.2, 0) is 6.54 Å². The lowest BCUT2D eigenvalue weighted by Gasteiger charge is -2.01. The Kier molecular flexibility index (Phi) is 3.25. The molecule has 2 heterocycles. The highest BCUT2D eigenvalue weighted by atomic mass is 79.9. The molecule has 0 atom stereocenters. The van der Waals surface area contributed by atoms with Gasteiger partial charge < -0.3 is 14.6 Å². The van der Waals surface area contributed by atoms with Gasteiger partial charge in [-0.05, 0) is 28.1 Å². The number of hydrogen-bond donors (Lipinski definition) is 2. The molecule has 2 aromatic rings. The smallest absolute Gasteiger partial charge is 0.358 e. The van der Waals surface area contributed by atoms with E-state index in [1.807, 2.05) is 0 Å². The van der Waals surface area contributed by atoms with Gasteiger partial charge >= 0.3 is 5.97 Å². The van der Waals surface area contributed by atoms with E-state index in [1.165, 1.54) is 4.68 Å². The first-order valence-corrected chi connectivity index (χ1v) is 5.46. The summed E-state index contributed by atoms with van der Waals surface area (Å²) in [6.07, 6.45) is 0. The Morgan fingerprint density at radius 3 is 2.82 bits per heavy atom. The van der Waals surface area contributed by atoms with Crippen LogP contribution in [0.4, 0.5) is 0 Å². The molecule has 2 aromatic heterocycles. The van der Waals surface area contributed by atoms with Gasteiger partial charge in [-0.15, -0.1) is 5.10 Å². The molecule has 2 rings (SSSR count). The summed E-state index contributed by atoms with van der Waals surface area (Å²) in [4.78, 5) is 11.0. The third-order valence-electron chi connectivity index (χ3n) is 2.06. The van der Waals surface area contributed by atoms with Crippen LogP contribution < -0.4 is 0 Å². The van der Waals surface area contributed by atoms with Crippen LogP contribution >= 0.6 is 15.9 Å². The van der Waals surface area contributed by atoms with Crippen LogP contribution in [0.2, 0.25) is 0 Å². The molecule has 8 heteroatoms. The number of furan rings is 1. The Morgan fingerprint density at radius 2 is 2.29 bits per heavy atom. The molecule has 0 amide bonds. The molecular weight excluding hydrogens is 294 g/mol. The first kappa shape index (κ1) is 11.8. The number of hydrogen-bond acceptors (Lipinski definition) is 5. The van der Waals surface area contributed by atoms with Gasteiger partial charge in [0, 0.05) is 0 Å². The maximum Gasteiger partial charge on any atom is 0.358 e. The van der Waals surface area contributed by atoms with Gasteiger partial charge in [-0.2, -0.15) is 0 Å². The summed E-state index contributed by atoms with van der Waals surface area (Å²) in [6, 6.07) is 3.24. The standard InChI is InChI=1S/C9H8BrN3O4/c10-6-2-1-5(17-6)8-7(9(15)16)11-12-13(8)3-4-14/h1-2,14H,3-4H2,(H,15,16). The highest BCUT2D eigenvalue weighted by molar-refractivity contribution is 9.10. The van der Waals surface area contributed by atoms with E-state index in [0.717, 1.165) is 0 Å². The van der Waals surface area contributed by atoms with Crippen LogP contribution in [0.3, 0.4) is 0 Å². The van der Waals surface area contributed by atoms with Crippen molar-refractivity contribution in [2.24, 2.45) is 0 Å². The van der Waals surface area contributed by atoms with Crippen LogP contribution in [0, 0.1) is 0 Å². The van der Waals surface area contributed by atoms with E-state index in [2.05, 4.69) is 26.2 Å². The molecule has 0 saturated heterocycles. The van der Waals surface area contributed by atoms with Crippen molar-refractivity contribution in [2.45, 2.75) is 6.54 Å². The number of nitrogens with zero attached hydrogens (tertiary/aromatic N) is 3. The summed E-state index contributed by atoms with van der Waals surface area (Å²) in [5.74, 6) is -0.871. The normalized spacial score (nSPS) is 10.7. The number of aromatic nitrogens is 3. The van der Waals surface area contributed by atoms with Crippen LogP contribution in [0.1, 0.15) is 10.5 Å². The van der Waals surface area contributed by atoms with Crippen molar-refractivity contribution in [1.82, 2.24) is 15.0 Å². The molecule has 0 spiro atoms. The Morgan fingerprint density at radius 1 is 1.53 bits per heavy atom. The third kappa shape index (κ3) is 2.22. The number of aromatic carboxylic acids is 1. The molecular formula is C9H8BrN3O4. The Balaban J connectivity index is 2.55. The topological polar surface area (TPSA) is 101 Å². The molecule has 0 aromatic carbocycles. The quantitative estimate of drug-likeness (QED) is 0.873. The molecule has 0 bridgehead atoms. The first-order chi connectivity index (χ1) is 8.13. The van der Waals surface area contributed by atoms with Gasteiger partial charge in [0.2, 0.25) is 5.69 Å². The molecule has 7 nitrogen and oxygen atoms in total. The van der Waals surface area contributed by atoms with E-state index in [1.54, 1.807) is 12.1 Å². The highest BCUT2D eigenvalue weighted by Gasteiger charge is 2.22. The van der Waals surface area contributed by atoms with Crippen molar-refractivity contribution in [3.05, 3.63) is 22.5 Å². The summed E-state index contributed by atoms with van der Waals surface area (Å²) in [5, 5.41) is 25.1. The molecule has 17 heavy (non-hydrogen) atoms. The summed E-state index contributed by atoms with van der Waals surface area (Å²) in [6.45, 7) is -0.0226. The minimum atomic E-state index is -1.20. The number of halogens is 1. The molecule has 90 valence electrons. The summed E-state index contributed by atoms with van der Waals surface area (Å²) >= 11 is 3.13. The number of aliphatic hydroxyl groups is 1. The molecule has 2 N–H and O–H groups in total. The zero-order valence-corrected chi connectivity index (χ0v) is 10.1. The van der Waals surface area contributed by atoms with Crippen molar-refractivity contribution in [3.8, 4) is 11.5 Å². The van der Waals surface area contributed by atoms with Gasteiger partial charge in [-0.25, -0.2) is 9.48 Å². The van der Waals surface area contributed by atoms with Crippen LogP contribution in [0.25, 0.3) is 11.5 Å². The monoisotopic (exact) mass is 301 g/mol. The van der Waals surface area contributed by atoms with Gasteiger partial charge in [0.05, 0.1) is 13.2 Å². The van der Waals surface area contributed by atoms with Crippen LogP contribution in [0.15, 0.2) is 21.2 Å². The highest BCUT2D eigenvalue weighted by Crippen LogP contribution is 2.26. The molecule has 0 radical (unpaired) electrons. The average molecular weight is 302 g/mol. The number of carbonyl (C=O) groups is 1. The van der Waals surface area contributed by atoms with Crippen molar-refractivity contribution in [1.29, 1.82) is 0 Å². The Hall–Kier alpha value is -1.67. The Bertz CT molecular complexity index is 548. The number of carboxylic acids is 1. The van der Waals surface area contributed by atoms with E-state index in [-0.39, 0.29) is 24.5 Å². The predicted molar refractivity (Wildman–Crippen MR) is 59.5 cm³/mol. The van der Waals surface area contributed by atoms with E-state index in [0.29, 0.717) is 10.4 Å². The zero-order valence-electron chi connectivity index (χ0n) is 8.50. The molecule has 0 saturated carbocycles. The van der Waals surface area contributed by atoms with E-state index in [4.69, 9.17) is 14.6 Å². The molecule has 0 aliphatic rings. The second-order valence-electron chi connectivity index (χ2n) is 3.14. The van der Waals surface area contributed by atoms with Gasteiger partial charge in [-0.1, -0.05) is 5.21 Å². The fraction of sp³-hybridized carbons (Fsp3) is 0.222. The molecule has 0 aliphatic carbocycles. The lowest BCUT2D eigenvalue weighted by molar-refractivity contribution is 0.0691. The van der Waals surface area contributed by atoms with E-state index < -0.39 is 5.97 Å². The minimum absolute atomic E-state index is 0.147. The zero-order chi connectivity index (χ0) is 12.4. The van der Waals surface area contributed by atoms with E-state index >= 15 is 0 Å². The minimum Gasteiger partial charge on any atom is -0.476 e. The molecule has 0 fully saturated rings.